The van der Waals surface area contributed by atoms with E-state index in [0.29, 0.717) is 12.5 Å². The normalized spacial score (nSPS) is 25.5. The van der Waals surface area contributed by atoms with E-state index in [9.17, 15) is 4.79 Å². The molecule has 1 aliphatic heterocycles. The molecule has 1 fully saturated rings. The number of nitrogens with one attached hydrogen (secondary N) is 1. The van der Waals surface area contributed by atoms with Gasteiger partial charge in [-0.05, 0) is 19.9 Å². The van der Waals surface area contributed by atoms with E-state index in [1.807, 2.05) is 0 Å². The predicted octanol–water partition coefficient (Wildman–Crippen LogP) is -0.454. The van der Waals surface area contributed by atoms with Gasteiger partial charge < -0.3 is 16.0 Å². The number of rotatable bonds is 3. The summed E-state index contributed by atoms with van der Waals surface area (Å²) in [5, 5.41) is 3.40. The largest absolute Gasteiger partial charge is 0.370 e. The molecule has 0 radical (unpaired) electrons. The number of hydrogen-bond acceptors (Lipinski definition) is 3. The van der Waals surface area contributed by atoms with Crippen LogP contribution in [-0.4, -0.2) is 43.0 Å². The summed E-state index contributed by atoms with van der Waals surface area (Å²) in [5.41, 5.74) is 5.09. The first-order chi connectivity index (χ1) is 6.18. The number of hydrogen-bond donors (Lipinski definition) is 2. The Bertz CT molecular complexity index is 172. The lowest BCUT2D eigenvalue weighted by atomic mass is 10.2. The zero-order valence-electron chi connectivity index (χ0n) is 8.25. The van der Waals surface area contributed by atoms with Crippen molar-refractivity contribution >= 4 is 5.91 Å². The molecule has 1 aliphatic rings. The third-order valence-electron chi connectivity index (χ3n) is 2.47. The molecule has 3 N–H and O–H groups in total. The lowest BCUT2D eigenvalue weighted by Crippen LogP contribution is -2.31. The summed E-state index contributed by atoms with van der Waals surface area (Å²) >= 11 is 0. The van der Waals surface area contributed by atoms with Gasteiger partial charge in [0.25, 0.3) is 0 Å². The quantitative estimate of drug-likeness (QED) is 0.626. The average molecular weight is 185 g/mol. The van der Waals surface area contributed by atoms with E-state index in [1.165, 1.54) is 0 Å². The van der Waals surface area contributed by atoms with Gasteiger partial charge in [-0.25, -0.2) is 0 Å². The molecule has 1 atom stereocenters. The molecule has 0 aromatic carbocycles. The molecule has 1 saturated heterocycles. The van der Waals surface area contributed by atoms with Gasteiger partial charge in [0.05, 0.1) is 0 Å². The van der Waals surface area contributed by atoms with Gasteiger partial charge in [0.15, 0.2) is 0 Å². The molecule has 0 saturated carbocycles. The second-order valence-electron chi connectivity index (χ2n) is 3.70. The van der Waals surface area contributed by atoms with Crippen LogP contribution >= 0.6 is 0 Å². The van der Waals surface area contributed by atoms with E-state index in [-0.39, 0.29) is 5.91 Å². The molecular formula is C9H19N3O. The molecule has 0 bridgehead atoms. The molecule has 1 rings (SSSR count). The molecule has 0 aromatic heterocycles. The first-order valence-electron chi connectivity index (χ1n) is 4.92. The van der Waals surface area contributed by atoms with Crippen LogP contribution in [0.1, 0.15) is 19.8 Å². The van der Waals surface area contributed by atoms with Gasteiger partial charge >= 0.3 is 0 Å². The van der Waals surface area contributed by atoms with Crippen LogP contribution in [0.3, 0.4) is 0 Å². The Morgan fingerprint density at radius 2 is 2.38 bits per heavy atom. The maximum Gasteiger partial charge on any atom is 0.218 e. The molecule has 4 heteroatoms. The number of nitrogens with zero attached hydrogens (tertiary/aromatic N) is 1. The minimum Gasteiger partial charge on any atom is -0.370 e. The highest BCUT2D eigenvalue weighted by Gasteiger charge is 2.12. The monoisotopic (exact) mass is 185 g/mol. The van der Waals surface area contributed by atoms with Crippen LogP contribution in [0.2, 0.25) is 0 Å². The molecule has 0 aliphatic carbocycles. The standard InChI is InChI=1S/C9H19N3O/c1-8-2-5-12(7-4-11-8)6-3-9(10)13/h8,11H,2-7H2,1H3,(H2,10,13). The molecule has 1 heterocycles. The fourth-order valence-electron chi connectivity index (χ4n) is 1.55. The Morgan fingerprint density at radius 3 is 3.08 bits per heavy atom. The van der Waals surface area contributed by atoms with Crippen molar-refractivity contribution in [2.75, 3.05) is 26.2 Å². The molecule has 13 heavy (non-hydrogen) atoms. The minimum absolute atomic E-state index is 0.203. The van der Waals surface area contributed by atoms with E-state index in [0.717, 1.165) is 32.6 Å². The van der Waals surface area contributed by atoms with E-state index in [1.54, 1.807) is 0 Å². The summed E-state index contributed by atoms with van der Waals surface area (Å²) in [4.78, 5) is 12.9. The van der Waals surface area contributed by atoms with Crippen LogP contribution < -0.4 is 11.1 Å². The van der Waals surface area contributed by atoms with Gasteiger partial charge in [0.2, 0.25) is 5.91 Å². The van der Waals surface area contributed by atoms with Gasteiger partial charge in [0.1, 0.15) is 0 Å². The lowest BCUT2D eigenvalue weighted by Gasteiger charge is -2.18. The van der Waals surface area contributed by atoms with Crippen LogP contribution in [0.5, 0.6) is 0 Å². The molecule has 0 spiro atoms. The molecule has 0 aromatic rings. The van der Waals surface area contributed by atoms with E-state index < -0.39 is 0 Å². The Balaban J connectivity index is 2.22. The Labute approximate surface area is 79.5 Å². The van der Waals surface area contributed by atoms with Gasteiger partial charge in [0, 0.05) is 32.1 Å². The summed E-state index contributed by atoms with van der Waals surface area (Å²) in [6.07, 6.45) is 1.63. The third kappa shape index (κ3) is 4.24. The molecule has 1 amide bonds. The topological polar surface area (TPSA) is 58.4 Å². The van der Waals surface area contributed by atoms with Gasteiger partial charge in [-0.2, -0.15) is 0 Å². The summed E-state index contributed by atoms with van der Waals surface area (Å²) < 4.78 is 0. The highest BCUT2D eigenvalue weighted by molar-refractivity contribution is 5.73. The first kappa shape index (κ1) is 10.5. The van der Waals surface area contributed by atoms with Crippen molar-refractivity contribution in [3.8, 4) is 0 Å². The predicted molar refractivity (Wildman–Crippen MR) is 52.3 cm³/mol. The first-order valence-corrected chi connectivity index (χ1v) is 4.92. The van der Waals surface area contributed by atoms with Crippen LogP contribution in [0, 0.1) is 0 Å². The van der Waals surface area contributed by atoms with Crippen LogP contribution in [-0.2, 0) is 4.79 Å². The minimum atomic E-state index is -0.203. The highest BCUT2D eigenvalue weighted by atomic mass is 16.1. The number of nitrogens with two attached hydrogens (primary N) is 1. The SMILES string of the molecule is CC1CCN(CCC(N)=O)CCN1. The number of primary amides is 1. The van der Waals surface area contributed by atoms with Gasteiger partial charge in [-0.15, -0.1) is 0 Å². The molecular weight excluding hydrogens is 166 g/mol. The fraction of sp³-hybridized carbons (Fsp3) is 0.889. The Hall–Kier alpha value is -0.610. The van der Waals surface area contributed by atoms with Crippen molar-refractivity contribution in [3.05, 3.63) is 0 Å². The van der Waals surface area contributed by atoms with Crippen molar-refractivity contribution in [2.24, 2.45) is 5.73 Å². The maximum atomic E-state index is 10.6. The average Bonchev–Trinajstić information content (AvgIpc) is 2.27. The third-order valence-corrected chi connectivity index (χ3v) is 2.47. The summed E-state index contributed by atoms with van der Waals surface area (Å²) in [6, 6.07) is 0.596. The van der Waals surface area contributed by atoms with Gasteiger partial charge in [-0.1, -0.05) is 0 Å². The smallest absolute Gasteiger partial charge is 0.218 e. The van der Waals surface area contributed by atoms with Crippen LogP contribution in [0.4, 0.5) is 0 Å². The zero-order valence-corrected chi connectivity index (χ0v) is 8.25. The summed E-state index contributed by atoms with van der Waals surface area (Å²) in [6.45, 7) is 6.11. The summed E-state index contributed by atoms with van der Waals surface area (Å²) in [7, 11) is 0. The van der Waals surface area contributed by atoms with Gasteiger partial charge in [-0.3, -0.25) is 4.79 Å². The fourth-order valence-corrected chi connectivity index (χ4v) is 1.55. The van der Waals surface area contributed by atoms with Crippen molar-refractivity contribution in [1.29, 1.82) is 0 Å². The van der Waals surface area contributed by atoms with E-state index in [2.05, 4.69) is 17.1 Å². The second-order valence-corrected chi connectivity index (χ2v) is 3.70. The van der Waals surface area contributed by atoms with E-state index >= 15 is 0 Å². The number of carbonyl (C=O) groups is 1. The molecule has 1 unspecified atom stereocenters. The Kier molecular flexibility index (Phi) is 4.18. The van der Waals surface area contributed by atoms with Crippen LogP contribution in [0.15, 0.2) is 0 Å². The zero-order chi connectivity index (χ0) is 9.68. The molecule has 76 valence electrons. The second kappa shape index (κ2) is 5.19. The van der Waals surface area contributed by atoms with E-state index in [4.69, 9.17) is 5.73 Å². The van der Waals surface area contributed by atoms with Crippen molar-refractivity contribution in [3.63, 3.8) is 0 Å². The lowest BCUT2D eigenvalue weighted by molar-refractivity contribution is -0.118. The van der Waals surface area contributed by atoms with Crippen molar-refractivity contribution in [2.45, 2.75) is 25.8 Å². The Morgan fingerprint density at radius 1 is 1.62 bits per heavy atom. The van der Waals surface area contributed by atoms with Crippen LogP contribution in [0.25, 0.3) is 0 Å². The van der Waals surface area contributed by atoms with Crippen molar-refractivity contribution in [1.82, 2.24) is 10.2 Å². The maximum absolute atomic E-state index is 10.6. The van der Waals surface area contributed by atoms with Crippen molar-refractivity contribution < 1.29 is 4.79 Å². The number of amides is 1. The number of carbonyl (C=O) groups excluding carboxylic acids is 1. The molecule has 4 nitrogen and oxygen atoms in total. The highest BCUT2D eigenvalue weighted by Crippen LogP contribution is 2.01. The summed E-state index contributed by atoms with van der Waals surface area (Å²) in [5.74, 6) is -0.203.